The first kappa shape index (κ1) is 16.2. The molecule has 0 saturated carbocycles. The van der Waals surface area contributed by atoms with Gasteiger partial charge < -0.3 is 10.0 Å². The normalized spacial score (nSPS) is 18.8. The van der Waals surface area contributed by atoms with Gasteiger partial charge in [0.05, 0.1) is 0 Å². The minimum Gasteiger partial charge on any atom is -0.478 e. The van der Waals surface area contributed by atoms with E-state index in [4.69, 9.17) is 5.11 Å². The van der Waals surface area contributed by atoms with Crippen molar-refractivity contribution in [2.24, 2.45) is 0 Å². The van der Waals surface area contributed by atoms with Crippen LogP contribution in [0.3, 0.4) is 0 Å². The van der Waals surface area contributed by atoms with Crippen molar-refractivity contribution in [1.29, 1.82) is 0 Å². The van der Waals surface area contributed by atoms with Gasteiger partial charge in [0.1, 0.15) is 0 Å². The van der Waals surface area contributed by atoms with Crippen molar-refractivity contribution in [3.05, 3.63) is 12.2 Å². The van der Waals surface area contributed by atoms with Crippen LogP contribution in [0.2, 0.25) is 0 Å². The first-order chi connectivity index (χ1) is 9.47. The van der Waals surface area contributed by atoms with Crippen LogP contribution in [0.4, 0.5) is 4.79 Å². The van der Waals surface area contributed by atoms with Crippen molar-refractivity contribution < 1.29 is 19.5 Å². The minimum atomic E-state index is -1.23. The average molecular weight is 283 g/mol. The van der Waals surface area contributed by atoms with Crippen molar-refractivity contribution >= 4 is 17.9 Å². The molecule has 1 rings (SSSR count). The first-order valence-electron chi connectivity index (χ1n) is 6.72. The summed E-state index contributed by atoms with van der Waals surface area (Å²) in [6.45, 7) is 7.19. The molecule has 0 aliphatic carbocycles. The Morgan fingerprint density at radius 1 is 1.30 bits per heavy atom. The number of carboxylic acid groups (broad SMARTS) is 1. The topological polar surface area (TPSA) is 90.0 Å². The van der Waals surface area contributed by atoms with E-state index in [1.165, 1.54) is 0 Å². The Morgan fingerprint density at radius 3 is 2.50 bits per heavy atom. The maximum Gasteiger partial charge on any atom is 0.328 e. The highest BCUT2D eigenvalue weighted by atomic mass is 16.4. The van der Waals surface area contributed by atoms with Gasteiger partial charge in [-0.05, 0) is 19.5 Å². The Balaban J connectivity index is 2.46. The summed E-state index contributed by atoms with van der Waals surface area (Å²) in [7, 11) is 0. The van der Waals surface area contributed by atoms with Gasteiger partial charge in [0.15, 0.2) is 0 Å². The summed E-state index contributed by atoms with van der Waals surface area (Å²) >= 11 is 0. The van der Waals surface area contributed by atoms with Gasteiger partial charge in [-0.1, -0.05) is 13.8 Å². The molecular weight excluding hydrogens is 262 g/mol. The number of likely N-dealkylation sites (tertiary alicyclic amines) is 1. The van der Waals surface area contributed by atoms with Gasteiger partial charge in [-0.15, -0.1) is 0 Å². The lowest BCUT2D eigenvalue weighted by Crippen LogP contribution is -2.43. The highest BCUT2D eigenvalue weighted by Gasteiger charge is 2.29. The maximum absolute atomic E-state index is 11.8. The molecule has 0 aromatic carbocycles. The lowest BCUT2D eigenvalue weighted by Gasteiger charge is -2.26. The summed E-state index contributed by atoms with van der Waals surface area (Å²) in [5.41, 5.74) is 0. The molecule has 1 atom stereocenters. The molecule has 20 heavy (non-hydrogen) atoms. The van der Waals surface area contributed by atoms with Crippen LogP contribution < -0.4 is 5.32 Å². The van der Waals surface area contributed by atoms with E-state index in [2.05, 4.69) is 24.1 Å². The molecule has 0 radical (unpaired) electrons. The van der Waals surface area contributed by atoms with Crippen molar-refractivity contribution in [2.45, 2.75) is 26.3 Å². The SMILES string of the molecule is CCN(CC)C1CCN(C(=O)NC(=O)C=CC(=O)O)C1. The predicted octanol–water partition coefficient (Wildman–Crippen LogP) is 0.280. The van der Waals surface area contributed by atoms with Crippen LogP contribution in [0.1, 0.15) is 20.3 Å². The second-order valence-corrected chi connectivity index (χ2v) is 4.58. The van der Waals surface area contributed by atoms with E-state index in [0.717, 1.165) is 25.6 Å². The number of aliphatic carboxylic acids is 1. The summed E-state index contributed by atoms with van der Waals surface area (Å²) < 4.78 is 0. The molecule has 1 fully saturated rings. The van der Waals surface area contributed by atoms with Crippen LogP contribution in [-0.4, -0.2) is 65.0 Å². The quantitative estimate of drug-likeness (QED) is 0.707. The zero-order valence-electron chi connectivity index (χ0n) is 11.8. The fraction of sp³-hybridized carbons (Fsp3) is 0.615. The van der Waals surface area contributed by atoms with Crippen LogP contribution >= 0.6 is 0 Å². The molecule has 2 N–H and O–H groups in total. The van der Waals surface area contributed by atoms with E-state index in [0.29, 0.717) is 25.2 Å². The molecule has 0 aromatic heterocycles. The number of nitrogens with zero attached hydrogens (tertiary/aromatic N) is 2. The Kier molecular flexibility index (Phi) is 6.17. The number of imide groups is 1. The Bertz CT molecular complexity index is 404. The fourth-order valence-corrected chi connectivity index (χ4v) is 2.34. The van der Waals surface area contributed by atoms with E-state index >= 15 is 0 Å². The van der Waals surface area contributed by atoms with E-state index in [1.807, 2.05) is 0 Å². The third kappa shape index (κ3) is 4.65. The van der Waals surface area contributed by atoms with Crippen molar-refractivity contribution in [3.8, 4) is 0 Å². The molecule has 1 unspecified atom stereocenters. The second-order valence-electron chi connectivity index (χ2n) is 4.58. The van der Waals surface area contributed by atoms with Gasteiger partial charge in [0.25, 0.3) is 5.91 Å². The number of carbonyl (C=O) groups is 3. The number of hydrogen-bond donors (Lipinski definition) is 2. The zero-order valence-corrected chi connectivity index (χ0v) is 11.8. The minimum absolute atomic E-state index is 0.320. The van der Waals surface area contributed by atoms with Gasteiger partial charge in [-0.2, -0.15) is 0 Å². The number of carbonyl (C=O) groups excluding carboxylic acids is 2. The van der Waals surface area contributed by atoms with Crippen LogP contribution in [0.15, 0.2) is 12.2 Å². The third-order valence-corrected chi connectivity index (χ3v) is 3.39. The Morgan fingerprint density at radius 2 is 1.95 bits per heavy atom. The smallest absolute Gasteiger partial charge is 0.328 e. The van der Waals surface area contributed by atoms with Crippen LogP contribution in [0.25, 0.3) is 0 Å². The maximum atomic E-state index is 11.8. The average Bonchev–Trinajstić information content (AvgIpc) is 2.87. The number of carboxylic acids is 1. The molecule has 1 saturated heterocycles. The number of hydrogen-bond acceptors (Lipinski definition) is 4. The summed E-state index contributed by atoms with van der Waals surface area (Å²) in [6.07, 6.45) is 2.41. The number of amides is 3. The number of urea groups is 1. The lowest BCUT2D eigenvalue weighted by atomic mass is 10.2. The Hall–Kier alpha value is -1.89. The second kappa shape index (κ2) is 7.64. The van der Waals surface area contributed by atoms with Gasteiger partial charge in [0.2, 0.25) is 0 Å². The van der Waals surface area contributed by atoms with Crippen molar-refractivity contribution in [1.82, 2.24) is 15.1 Å². The van der Waals surface area contributed by atoms with Gasteiger partial charge in [0, 0.05) is 31.3 Å². The monoisotopic (exact) mass is 283 g/mol. The van der Waals surface area contributed by atoms with Gasteiger partial charge >= 0.3 is 12.0 Å². The molecule has 0 bridgehead atoms. The van der Waals surface area contributed by atoms with E-state index in [9.17, 15) is 14.4 Å². The third-order valence-electron chi connectivity index (χ3n) is 3.39. The van der Waals surface area contributed by atoms with Crippen molar-refractivity contribution in [2.75, 3.05) is 26.2 Å². The largest absolute Gasteiger partial charge is 0.478 e. The molecule has 0 spiro atoms. The first-order valence-corrected chi connectivity index (χ1v) is 6.72. The van der Waals surface area contributed by atoms with Gasteiger partial charge in [-0.25, -0.2) is 9.59 Å². The van der Waals surface area contributed by atoms with Crippen LogP contribution in [0.5, 0.6) is 0 Å². The molecule has 112 valence electrons. The summed E-state index contributed by atoms with van der Waals surface area (Å²) in [5, 5.41) is 10.5. The lowest BCUT2D eigenvalue weighted by molar-refractivity contribution is -0.131. The summed E-state index contributed by atoms with van der Waals surface area (Å²) in [5.74, 6) is -1.95. The van der Waals surface area contributed by atoms with Gasteiger partial charge in [-0.3, -0.25) is 15.0 Å². The highest BCUT2D eigenvalue weighted by molar-refractivity contribution is 6.02. The van der Waals surface area contributed by atoms with Crippen LogP contribution in [-0.2, 0) is 9.59 Å². The number of likely N-dealkylation sites (N-methyl/N-ethyl adjacent to an activating group) is 1. The standard InChI is InChI=1S/C13H21N3O4/c1-3-15(4-2)10-7-8-16(9-10)13(20)14-11(17)5-6-12(18)19/h5-6,10H,3-4,7-9H2,1-2H3,(H,18,19)(H,14,17,20). The molecule has 1 aliphatic heterocycles. The van der Waals surface area contributed by atoms with E-state index in [1.54, 1.807) is 4.90 Å². The van der Waals surface area contributed by atoms with Crippen LogP contribution in [0, 0.1) is 0 Å². The van der Waals surface area contributed by atoms with E-state index < -0.39 is 17.9 Å². The summed E-state index contributed by atoms with van der Waals surface area (Å²) in [4.78, 5) is 37.3. The molecule has 1 aliphatic rings. The number of nitrogens with one attached hydrogen (secondary N) is 1. The summed E-state index contributed by atoms with van der Waals surface area (Å²) in [6, 6.07) is -0.153. The molecular formula is C13H21N3O4. The molecule has 3 amide bonds. The molecule has 7 nitrogen and oxygen atoms in total. The molecule has 0 aromatic rings. The fourth-order valence-electron chi connectivity index (χ4n) is 2.34. The molecule has 1 heterocycles. The Labute approximate surface area is 118 Å². The highest BCUT2D eigenvalue weighted by Crippen LogP contribution is 2.15. The molecule has 7 heteroatoms. The van der Waals surface area contributed by atoms with Crippen molar-refractivity contribution in [3.63, 3.8) is 0 Å². The number of rotatable bonds is 5. The zero-order chi connectivity index (χ0) is 15.1. The predicted molar refractivity (Wildman–Crippen MR) is 73.2 cm³/mol. The van der Waals surface area contributed by atoms with E-state index in [-0.39, 0.29) is 0 Å².